The first-order chi connectivity index (χ1) is 11.7. The Bertz CT molecular complexity index is 629. The SMILES string of the molecule is O=C(Nc1ccc(Cl)cc1Cl)C1C2CCC=CCCC=CCCC21. The summed E-state index contributed by atoms with van der Waals surface area (Å²) in [5, 5.41) is 4.05. The van der Waals surface area contributed by atoms with E-state index in [4.69, 9.17) is 23.2 Å². The fraction of sp³-hybridized carbons (Fsp3) is 0.450. The number of carbonyl (C=O) groups is 1. The van der Waals surface area contributed by atoms with Crippen LogP contribution in [0.25, 0.3) is 0 Å². The highest BCUT2D eigenvalue weighted by molar-refractivity contribution is 6.36. The van der Waals surface area contributed by atoms with Gasteiger partial charge < -0.3 is 5.32 Å². The van der Waals surface area contributed by atoms with E-state index in [0.29, 0.717) is 27.6 Å². The Hall–Kier alpha value is -1.25. The van der Waals surface area contributed by atoms with Gasteiger partial charge in [0.05, 0.1) is 10.7 Å². The summed E-state index contributed by atoms with van der Waals surface area (Å²) in [6.07, 6.45) is 15.6. The number of fused-ring (bicyclic) bond motifs is 1. The summed E-state index contributed by atoms with van der Waals surface area (Å²) < 4.78 is 0. The largest absolute Gasteiger partial charge is 0.325 e. The van der Waals surface area contributed by atoms with Crippen molar-refractivity contribution in [3.8, 4) is 0 Å². The third kappa shape index (κ3) is 4.43. The summed E-state index contributed by atoms with van der Waals surface area (Å²) in [6, 6.07) is 5.17. The maximum Gasteiger partial charge on any atom is 0.228 e. The third-order valence-corrected chi connectivity index (χ3v) is 5.54. The number of anilines is 1. The predicted octanol–water partition coefficient (Wildman–Crippen LogP) is 6.26. The molecule has 1 aromatic rings. The molecule has 0 aliphatic heterocycles. The van der Waals surface area contributed by atoms with Crippen LogP contribution in [0, 0.1) is 17.8 Å². The average Bonchev–Trinajstić information content (AvgIpc) is 3.22. The van der Waals surface area contributed by atoms with Crippen molar-refractivity contribution >= 4 is 34.8 Å². The Morgan fingerprint density at radius 2 is 1.50 bits per heavy atom. The number of hydrogen-bond acceptors (Lipinski definition) is 1. The van der Waals surface area contributed by atoms with Crippen molar-refractivity contribution in [3.63, 3.8) is 0 Å². The van der Waals surface area contributed by atoms with E-state index in [1.54, 1.807) is 18.2 Å². The number of amides is 1. The van der Waals surface area contributed by atoms with Crippen molar-refractivity contribution in [2.75, 3.05) is 5.32 Å². The van der Waals surface area contributed by atoms with Crippen molar-refractivity contribution in [2.24, 2.45) is 17.8 Å². The molecule has 0 saturated heterocycles. The predicted molar refractivity (Wildman–Crippen MR) is 102 cm³/mol. The van der Waals surface area contributed by atoms with Gasteiger partial charge in [-0.15, -0.1) is 0 Å². The number of rotatable bonds is 2. The highest BCUT2D eigenvalue weighted by atomic mass is 35.5. The second kappa shape index (κ2) is 8.22. The molecular weight excluding hydrogens is 341 g/mol. The van der Waals surface area contributed by atoms with Gasteiger partial charge >= 0.3 is 0 Å². The molecule has 1 N–H and O–H groups in total. The van der Waals surface area contributed by atoms with Gasteiger partial charge in [0.2, 0.25) is 5.91 Å². The fourth-order valence-corrected chi connectivity index (χ4v) is 4.12. The molecule has 2 atom stereocenters. The Labute approximate surface area is 153 Å². The van der Waals surface area contributed by atoms with Crippen LogP contribution in [-0.4, -0.2) is 5.91 Å². The Morgan fingerprint density at radius 1 is 0.917 bits per heavy atom. The summed E-state index contributed by atoms with van der Waals surface area (Å²) >= 11 is 12.1. The lowest BCUT2D eigenvalue weighted by Crippen LogP contribution is -2.16. The lowest BCUT2D eigenvalue weighted by molar-refractivity contribution is -0.117. The molecule has 2 nitrogen and oxygen atoms in total. The molecule has 0 bridgehead atoms. The van der Waals surface area contributed by atoms with E-state index in [1.165, 1.54) is 0 Å². The third-order valence-electron chi connectivity index (χ3n) is 4.99. The van der Waals surface area contributed by atoms with Crippen LogP contribution in [0.5, 0.6) is 0 Å². The van der Waals surface area contributed by atoms with Gasteiger partial charge in [-0.1, -0.05) is 47.5 Å². The van der Waals surface area contributed by atoms with Gasteiger partial charge in [0.1, 0.15) is 0 Å². The summed E-state index contributed by atoms with van der Waals surface area (Å²) in [4.78, 5) is 12.7. The molecule has 0 heterocycles. The van der Waals surface area contributed by atoms with E-state index < -0.39 is 0 Å². The minimum atomic E-state index is 0.0945. The number of nitrogens with one attached hydrogen (secondary N) is 1. The second-order valence-electron chi connectivity index (χ2n) is 6.64. The average molecular weight is 364 g/mol. The molecule has 1 aromatic carbocycles. The van der Waals surface area contributed by atoms with E-state index in [-0.39, 0.29) is 11.8 Å². The van der Waals surface area contributed by atoms with Gasteiger partial charge in [-0.2, -0.15) is 0 Å². The van der Waals surface area contributed by atoms with Crippen LogP contribution in [-0.2, 0) is 4.79 Å². The first kappa shape index (κ1) is 17.6. The number of carbonyl (C=O) groups excluding carboxylic acids is 1. The highest BCUT2D eigenvalue weighted by Crippen LogP contribution is 2.52. The first-order valence-electron chi connectivity index (χ1n) is 8.72. The van der Waals surface area contributed by atoms with Crippen molar-refractivity contribution in [3.05, 3.63) is 52.5 Å². The van der Waals surface area contributed by atoms with Crippen LogP contribution in [0.15, 0.2) is 42.5 Å². The van der Waals surface area contributed by atoms with Gasteiger partial charge in [-0.05, 0) is 68.6 Å². The van der Waals surface area contributed by atoms with E-state index >= 15 is 0 Å². The standard InChI is InChI=1S/C20H23Cl2NO/c21-14-11-12-18(17(22)13-14)23-20(24)19-15-9-7-5-3-1-2-4-6-8-10-16(15)19/h3-6,11-13,15-16,19H,1-2,7-10H2,(H,23,24). The molecular formula is C20H23Cl2NO. The molecule has 0 aromatic heterocycles. The molecule has 2 unspecified atom stereocenters. The Balaban J connectivity index is 1.64. The minimum absolute atomic E-state index is 0.0945. The maximum absolute atomic E-state index is 12.7. The highest BCUT2D eigenvalue weighted by Gasteiger charge is 2.52. The lowest BCUT2D eigenvalue weighted by Gasteiger charge is -2.07. The van der Waals surface area contributed by atoms with Gasteiger partial charge in [0.15, 0.2) is 0 Å². The van der Waals surface area contributed by atoms with Crippen LogP contribution in [0.3, 0.4) is 0 Å². The minimum Gasteiger partial charge on any atom is -0.325 e. The van der Waals surface area contributed by atoms with Crippen LogP contribution < -0.4 is 5.32 Å². The fourth-order valence-electron chi connectivity index (χ4n) is 3.67. The molecule has 1 saturated carbocycles. The molecule has 24 heavy (non-hydrogen) atoms. The van der Waals surface area contributed by atoms with Gasteiger partial charge in [-0.3, -0.25) is 4.79 Å². The van der Waals surface area contributed by atoms with Gasteiger partial charge in [0, 0.05) is 10.9 Å². The molecule has 2 aliphatic carbocycles. The molecule has 3 rings (SSSR count). The summed E-state index contributed by atoms with van der Waals surface area (Å²) in [5.41, 5.74) is 0.646. The topological polar surface area (TPSA) is 29.1 Å². The monoisotopic (exact) mass is 363 g/mol. The quantitative estimate of drug-likeness (QED) is 0.617. The van der Waals surface area contributed by atoms with Crippen molar-refractivity contribution in [1.82, 2.24) is 0 Å². The molecule has 0 radical (unpaired) electrons. The number of allylic oxidation sites excluding steroid dienone is 4. The van der Waals surface area contributed by atoms with Crippen molar-refractivity contribution in [1.29, 1.82) is 0 Å². The molecule has 128 valence electrons. The van der Waals surface area contributed by atoms with E-state index in [9.17, 15) is 4.79 Å². The second-order valence-corrected chi connectivity index (χ2v) is 7.49. The molecule has 1 amide bonds. The molecule has 2 aliphatic rings. The molecule has 4 heteroatoms. The zero-order valence-corrected chi connectivity index (χ0v) is 15.2. The van der Waals surface area contributed by atoms with Crippen LogP contribution in [0.2, 0.25) is 10.0 Å². The lowest BCUT2D eigenvalue weighted by atomic mass is 10.1. The number of hydrogen-bond donors (Lipinski definition) is 1. The normalized spacial score (nSPS) is 26.8. The van der Waals surface area contributed by atoms with Crippen LogP contribution >= 0.6 is 23.2 Å². The van der Waals surface area contributed by atoms with Crippen molar-refractivity contribution in [2.45, 2.75) is 38.5 Å². The molecule has 0 spiro atoms. The van der Waals surface area contributed by atoms with Crippen LogP contribution in [0.4, 0.5) is 5.69 Å². The molecule has 1 fully saturated rings. The first-order valence-corrected chi connectivity index (χ1v) is 9.48. The summed E-state index contributed by atoms with van der Waals surface area (Å²) in [6.45, 7) is 0. The Kier molecular flexibility index (Phi) is 6.02. The van der Waals surface area contributed by atoms with Gasteiger partial charge in [-0.25, -0.2) is 0 Å². The maximum atomic E-state index is 12.7. The van der Waals surface area contributed by atoms with Crippen molar-refractivity contribution < 1.29 is 4.79 Å². The summed E-state index contributed by atoms with van der Waals surface area (Å²) in [7, 11) is 0. The zero-order chi connectivity index (χ0) is 16.9. The van der Waals surface area contributed by atoms with E-state index in [1.807, 2.05) is 0 Å². The number of halogens is 2. The van der Waals surface area contributed by atoms with Gasteiger partial charge in [0.25, 0.3) is 0 Å². The van der Waals surface area contributed by atoms with Crippen LogP contribution in [0.1, 0.15) is 38.5 Å². The Morgan fingerprint density at radius 3 is 2.08 bits per heavy atom. The smallest absolute Gasteiger partial charge is 0.228 e. The number of benzene rings is 1. The van der Waals surface area contributed by atoms with E-state index in [2.05, 4.69) is 29.6 Å². The summed E-state index contributed by atoms with van der Waals surface area (Å²) in [5.74, 6) is 1.19. The van der Waals surface area contributed by atoms with E-state index in [0.717, 1.165) is 38.5 Å². The zero-order valence-electron chi connectivity index (χ0n) is 13.7.